The summed E-state index contributed by atoms with van der Waals surface area (Å²) in [4.78, 5) is 0. The topological polar surface area (TPSA) is 55.4 Å². The van der Waals surface area contributed by atoms with Crippen LogP contribution in [0.25, 0.3) is 0 Å². The molecule has 142 valence electrons. The molecule has 6 nitrogen and oxygen atoms in total. The van der Waals surface area contributed by atoms with E-state index in [0.717, 1.165) is 24.0 Å². The van der Waals surface area contributed by atoms with Crippen LogP contribution in [0.1, 0.15) is 37.8 Å². The fourth-order valence-corrected chi connectivity index (χ4v) is 3.98. The number of hydrogen-bond donors (Lipinski definition) is 0. The zero-order valence-corrected chi connectivity index (χ0v) is 15.4. The molecule has 1 aromatic carbocycles. The summed E-state index contributed by atoms with van der Waals surface area (Å²) in [7, 11) is 0. The average molecular weight is 362 g/mol. The van der Waals surface area contributed by atoms with Crippen LogP contribution in [0.15, 0.2) is 24.3 Å². The first-order chi connectivity index (χ1) is 12.6. The van der Waals surface area contributed by atoms with E-state index in [2.05, 4.69) is 13.8 Å². The van der Waals surface area contributed by atoms with Gasteiger partial charge in [-0.1, -0.05) is 38.1 Å². The van der Waals surface area contributed by atoms with Gasteiger partial charge in [-0.15, -0.1) is 0 Å². The van der Waals surface area contributed by atoms with Gasteiger partial charge in [-0.25, -0.2) is 0 Å². The molecule has 0 aliphatic carbocycles. The van der Waals surface area contributed by atoms with Gasteiger partial charge in [0.05, 0.1) is 39.6 Å². The van der Waals surface area contributed by atoms with Gasteiger partial charge in [0.15, 0.2) is 0 Å². The second kappa shape index (κ2) is 5.74. The third-order valence-corrected chi connectivity index (χ3v) is 6.50. The number of rotatable bonds is 4. The average Bonchev–Trinajstić information content (AvgIpc) is 2.76. The molecule has 0 aromatic heterocycles. The molecule has 6 aliphatic heterocycles. The van der Waals surface area contributed by atoms with E-state index in [1.54, 1.807) is 0 Å². The van der Waals surface area contributed by atoms with Crippen LogP contribution in [0.2, 0.25) is 0 Å². The highest BCUT2D eigenvalue weighted by molar-refractivity contribution is 5.28. The van der Waals surface area contributed by atoms with Gasteiger partial charge in [0, 0.05) is 22.0 Å². The highest BCUT2D eigenvalue weighted by Crippen LogP contribution is 2.48. The van der Waals surface area contributed by atoms with Gasteiger partial charge >= 0.3 is 11.9 Å². The maximum atomic E-state index is 5.98. The van der Waals surface area contributed by atoms with Crippen molar-refractivity contribution in [3.05, 3.63) is 35.4 Å². The minimum Gasteiger partial charge on any atom is -0.323 e. The van der Waals surface area contributed by atoms with Crippen molar-refractivity contribution in [2.24, 2.45) is 10.8 Å². The summed E-state index contributed by atoms with van der Waals surface area (Å²) in [5.74, 6) is -2.18. The maximum Gasteiger partial charge on any atom is 0.312 e. The van der Waals surface area contributed by atoms with Gasteiger partial charge in [-0.3, -0.25) is 0 Å². The Morgan fingerprint density at radius 3 is 1.08 bits per heavy atom. The molecule has 4 bridgehead atoms. The molecule has 6 saturated heterocycles. The summed E-state index contributed by atoms with van der Waals surface area (Å²) in [6.07, 6.45) is 1.96. The smallest absolute Gasteiger partial charge is 0.312 e. The van der Waals surface area contributed by atoms with Gasteiger partial charge in [0.25, 0.3) is 0 Å². The molecule has 26 heavy (non-hydrogen) atoms. The summed E-state index contributed by atoms with van der Waals surface area (Å²) in [6.45, 7) is 8.22. The van der Waals surface area contributed by atoms with Crippen LogP contribution >= 0.6 is 0 Å². The minimum atomic E-state index is -1.09. The van der Waals surface area contributed by atoms with Crippen LogP contribution < -0.4 is 0 Å². The highest BCUT2D eigenvalue weighted by atomic mass is 16.9. The van der Waals surface area contributed by atoms with Crippen molar-refractivity contribution in [3.63, 3.8) is 0 Å². The number of ether oxygens (including phenoxy) is 6. The van der Waals surface area contributed by atoms with Crippen molar-refractivity contribution < 1.29 is 28.4 Å². The van der Waals surface area contributed by atoms with Crippen molar-refractivity contribution in [3.8, 4) is 0 Å². The van der Waals surface area contributed by atoms with Crippen LogP contribution in [0, 0.1) is 10.8 Å². The standard InChI is InChI=1S/C20H26O6/c1-3-17-9-21-19(22-10-17,23-11-17)15-5-7-16(8-6-15)20-24-12-18(4-2,13-25-20)14-26-20/h5-8H,3-4,9-14H2,1-2H3. The Morgan fingerprint density at radius 2 is 0.846 bits per heavy atom. The van der Waals surface area contributed by atoms with Gasteiger partial charge in [-0.05, 0) is 12.8 Å². The van der Waals surface area contributed by atoms with E-state index in [0.29, 0.717) is 39.6 Å². The monoisotopic (exact) mass is 362 g/mol. The van der Waals surface area contributed by atoms with E-state index in [1.165, 1.54) is 0 Å². The normalized spacial score (nSPS) is 44.4. The molecule has 6 heteroatoms. The molecule has 1 aromatic rings. The van der Waals surface area contributed by atoms with Crippen molar-refractivity contribution in [2.45, 2.75) is 38.6 Å². The Hall–Kier alpha value is -1.02. The lowest BCUT2D eigenvalue weighted by molar-refractivity contribution is -0.481. The molecule has 0 amide bonds. The number of fused-ring (bicyclic) bond motifs is 6. The predicted molar refractivity (Wildman–Crippen MR) is 91.0 cm³/mol. The molecule has 6 aliphatic rings. The first kappa shape index (κ1) is 17.1. The first-order valence-electron chi connectivity index (χ1n) is 9.52. The largest absolute Gasteiger partial charge is 0.323 e. The van der Waals surface area contributed by atoms with Crippen LogP contribution in [-0.2, 0) is 40.4 Å². The number of hydrogen-bond acceptors (Lipinski definition) is 6. The van der Waals surface area contributed by atoms with Gasteiger partial charge in [0.1, 0.15) is 0 Å². The molecule has 0 saturated carbocycles. The molecule has 0 unspecified atom stereocenters. The summed E-state index contributed by atoms with van der Waals surface area (Å²) < 4.78 is 35.9. The summed E-state index contributed by atoms with van der Waals surface area (Å²) in [5.41, 5.74) is 1.67. The van der Waals surface area contributed by atoms with E-state index >= 15 is 0 Å². The van der Waals surface area contributed by atoms with Crippen molar-refractivity contribution in [1.29, 1.82) is 0 Å². The molecule has 0 N–H and O–H groups in total. The molecule has 6 fully saturated rings. The SMILES string of the molecule is CCC12COC(c3ccc(C45OCC(CC)(CO4)CO5)cc3)(OC1)OC2. The lowest BCUT2D eigenvalue weighted by Crippen LogP contribution is -2.58. The van der Waals surface area contributed by atoms with Gasteiger partial charge < -0.3 is 28.4 Å². The third-order valence-electron chi connectivity index (χ3n) is 6.50. The Labute approximate surface area is 153 Å². The fraction of sp³-hybridized carbons (Fsp3) is 0.700. The lowest BCUT2D eigenvalue weighted by Gasteiger charge is -2.52. The molecular formula is C20H26O6. The Balaban J connectivity index is 1.36. The second-order valence-electron chi connectivity index (χ2n) is 8.13. The second-order valence-corrected chi connectivity index (χ2v) is 8.13. The molecule has 0 atom stereocenters. The van der Waals surface area contributed by atoms with Crippen LogP contribution in [0.4, 0.5) is 0 Å². The lowest BCUT2D eigenvalue weighted by atomic mass is 9.85. The molecule has 0 spiro atoms. The van der Waals surface area contributed by atoms with E-state index in [-0.39, 0.29) is 10.8 Å². The van der Waals surface area contributed by atoms with Crippen LogP contribution in [0.5, 0.6) is 0 Å². The summed E-state index contributed by atoms with van der Waals surface area (Å²) >= 11 is 0. The van der Waals surface area contributed by atoms with E-state index in [4.69, 9.17) is 28.4 Å². The Bertz CT molecular complexity index is 576. The summed E-state index contributed by atoms with van der Waals surface area (Å²) in [6, 6.07) is 7.78. The van der Waals surface area contributed by atoms with Gasteiger partial charge in [0.2, 0.25) is 0 Å². The summed E-state index contributed by atoms with van der Waals surface area (Å²) in [5, 5.41) is 0. The minimum absolute atomic E-state index is 0.00779. The Morgan fingerprint density at radius 1 is 0.577 bits per heavy atom. The maximum absolute atomic E-state index is 5.98. The zero-order chi connectivity index (χ0) is 17.9. The van der Waals surface area contributed by atoms with Crippen LogP contribution in [-0.4, -0.2) is 39.6 Å². The zero-order valence-electron chi connectivity index (χ0n) is 15.4. The van der Waals surface area contributed by atoms with E-state index in [9.17, 15) is 0 Å². The molecule has 6 heterocycles. The van der Waals surface area contributed by atoms with Crippen molar-refractivity contribution >= 4 is 0 Å². The quantitative estimate of drug-likeness (QED) is 0.821. The van der Waals surface area contributed by atoms with Gasteiger partial charge in [-0.2, -0.15) is 0 Å². The number of benzene rings is 1. The molecule has 0 radical (unpaired) electrons. The molecular weight excluding hydrogens is 336 g/mol. The predicted octanol–water partition coefficient (Wildman–Crippen LogP) is 2.85. The first-order valence-corrected chi connectivity index (χ1v) is 9.52. The highest BCUT2D eigenvalue weighted by Gasteiger charge is 2.55. The Kier molecular flexibility index (Phi) is 3.77. The van der Waals surface area contributed by atoms with Crippen LogP contribution in [0.3, 0.4) is 0 Å². The van der Waals surface area contributed by atoms with Crippen molar-refractivity contribution in [1.82, 2.24) is 0 Å². The molecule has 7 rings (SSSR count). The van der Waals surface area contributed by atoms with E-state index < -0.39 is 11.9 Å². The van der Waals surface area contributed by atoms with E-state index in [1.807, 2.05) is 24.3 Å². The fourth-order valence-electron chi connectivity index (χ4n) is 3.98. The van der Waals surface area contributed by atoms with Crippen molar-refractivity contribution in [2.75, 3.05) is 39.6 Å². The third kappa shape index (κ3) is 2.33.